The van der Waals surface area contributed by atoms with Crippen molar-refractivity contribution < 1.29 is 5.11 Å². The largest absolute Gasteiger partial charge is 0.389 e. The van der Waals surface area contributed by atoms with Gasteiger partial charge in [0.2, 0.25) is 0 Å². The van der Waals surface area contributed by atoms with Crippen LogP contribution in [0.15, 0.2) is 0 Å². The van der Waals surface area contributed by atoms with Crippen LogP contribution >= 0.6 is 0 Å². The minimum atomic E-state index is -0.426. The van der Waals surface area contributed by atoms with Crippen LogP contribution in [0.5, 0.6) is 0 Å². The average molecular weight is 199 g/mol. The van der Waals surface area contributed by atoms with E-state index in [2.05, 4.69) is 19.2 Å². The first-order valence-electron chi connectivity index (χ1n) is 6.08. The van der Waals surface area contributed by atoms with Crippen LogP contribution in [0.4, 0.5) is 0 Å². The zero-order valence-corrected chi connectivity index (χ0v) is 9.68. The lowest BCUT2D eigenvalue weighted by atomic mass is 9.87. The van der Waals surface area contributed by atoms with Gasteiger partial charge in [0.15, 0.2) is 0 Å². The zero-order chi connectivity index (χ0) is 10.4. The van der Waals surface area contributed by atoms with Gasteiger partial charge in [0.05, 0.1) is 5.60 Å². The van der Waals surface area contributed by atoms with E-state index < -0.39 is 5.60 Å². The molecule has 0 radical (unpaired) electrons. The van der Waals surface area contributed by atoms with Gasteiger partial charge in [0.1, 0.15) is 0 Å². The van der Waals surface area contributed by atoms with Gasteiger partial charge in [-0.05, 0) is 12.8 Å². The van der Waals surface area contributed by atoms with E-state index in [1.807, 2.05) is 0 Å². The van der Waals surface area contributed by atoms with Gasteiger partial charge in [-0.1, -0.05) is 46.0 Å². The van der Waals surface area contributed by atoms with Crippen molar-refractivity contribution in [2.24, 2.45) is 0 Å². The summed E-state index contributed by atoms with van der Waals surface area (Å²) in [6, 6.07) is 0.476. The predicted octanol–water partition coefficient (Wildman–Crippen LogP) is 2.46. The smallest absolute Gasteiger partial charge is 0.0771 e. The Hall–Kier alpha value is -0.0800. The molecule has 0 heterocycles. The fraction of sp³-hybridized carbons (Fsp3) is 1.00. The van der Waals surface area contributed by atoms with Crippen LogP contribution in [0, 0.1) is 0 Å². The van der Waals surface area contributed by atoms with Gasteiger partial charge >= 0.3 is 0 Å². The molecule has 0 atom stereocenters. The summed E-state index contributed by atoms with van der Waals surface area (Å²) in [6.07, 6.45) is 8.29. The van der Waals surface area contributed by atoms with Gasteiger partial charge in [-0.15, -0.1) is 0 Å². The van der Waals surface area contributed by atoms with Crippen molar-refractivity contribution in [2.75, 3.05) is 6.54 Å². The molecule has 2 heteroatoms. The molecule has 0 spiro atoms. The summed E-state index contributed by atoms with van der Waals surface area (Å²) < 4.78 is 0. The maximum absolute atomic E-state index is 10.4. The molecule has 1 fully saturated rings. The monoisotopic (exact) mass is 199 g/mol. The van der Waals surface area contributed by atoms with Crippen molar-refractivity contribution in [3.05, 3.63) is 0 Å². The van der Waals surface area contributed by atoms with Gasteiger partial charge in [-0.2, -0.15) is 0 Å². The first-order valence-corrected chi connectivity index (χ1v) is 6.08. The first kappa shape index (κ1) is 12.0. The van der Waals surface area contributed by atoms with Gasteiger partial charge < -0.3 is 10.4 Å². The maximum atomic E-state index is 10.4. The van der Waals surface area contributed by atoms with Crippen molar-refractivity contribution in [3.63, 3.8) is 0 Å². The molecular formula is C12H25NO. The highest BCUT2D eigenvalue weighted by Crippen LogP contribution is 2.25. The summed E-state index contributed by atoms with van der Waals surface area (Å²) in [6.45, 7) is 5.03. The number of rotatable bonds is 3. The fourth-order valence-corrected chi connectivity index (χ4v) is 2.13. The predicted molar refractivity (Wildman–Crippen MR) is 60.4 cm³/mol. The lowest BCUT2D eigenvalue weighted by Crippen LogP contribution is -2.43. The topological polar surface area (TPSA) is 32.3 Å². The first-order chi connectivity index (χ1) is 6.62. The Kier molecular flexibility index (Phi) is 4.90. The van der Waals surface area contributed by atoms with E-state index in [1.165, 1.54) is 32.1 Å². The molecule has 1 aliphatic rings. The highest BCUT2D eigenvalue weighted by molar-refractivity contribution is 4.82. The Balaban J connectivity index is 2.34. The molecule has 0 aromatic heterocycles. The van der Waals surface area contributed by atoms with Crippen molar-refractivity contribution in [2.45, 2.75) is 70.4 Å². The maximum Gasteiger partial charge on any atom is 0.0771 e. The fourth-order valence-electron chi connectivity index (χ4n) is 2.13. The Labute approximate surface area is 88.1 Å². The van der Waals surface area contributed by atoms with Crippen LogP contribution in [0.2, 0.25) is 0 Å². The Morgan fingerprint density at radius 3 is 2.07 bits per heavy atom. The molecule has 0 aromatic rings. The molecule has 14 heavy (non-hydrogen) atoms. The lowest BCUT2D eigenvalue weighted by molar-refractivity contribution is 0.0131. The minimum Gasteiger partial charge on any atom is -0.389 e. The van der Waals surface area contributed by atoms with Gasteiger partial charge in [0.25, 0.3) is 0 Å². The van der Waals surface area contributed by atoms with Crippen LogP contribution in [0.25, 0.3) is 0 Å². The molecule has 1 rings (SSSR count). The van der Waals surface area contributed by atoms with Crippen LogP contribution in [-0.4, -0.2) is 23.3 Å². The Morgan fingerprint density at radius 1 is 1.07 bits per heavy atom. The van der Waals surface area contributed by atoms with E-state index in [9.17, 15) is 5.11 Å². The summed E-state index contributed by atoms with van der Waals surface area (Å²) in [5, 5.41) is 13.7. The van der Waals surface area contributed by atoms with E-state index in [0.29, 0.717) is 6.04 Å². The quantitative estimate of drug-likeness (QED) is 0.732. The normalized spacial score (nSPS) is 23.1. The van der Waals surface area contributed by atoms with Crippen molar-refractivity contribution >= 4 is 0 Å². The van der Waals surface area contributed by atoms with E-state index >= 15 is 0 Å². The highest BCUT2D eigenvalue weighted by atomic mass is 16.3. The Morgan fingerprint density at radius 2 is 1.57 bits per heavy atom. The van der Waals surface area contributed by atoms with Gasteiger partial charge in [0, 0.05) is 12.6 Å². The van der Waals surface area contributed by atoms with Crippen LogP contribution in [0.1, 0.15) is 58.8 Å². The highest BCUT2D eigenvalue weighted by Gasteiger charge is 2.26. The molecule has 1 saturated carbocycles. The van der Waals surface area contributed by atoms with E-state index in [-0.39, 0.29) is 0 Å². The third-order valence-electron chi connectivity index (χ3n) is 3.12. The van der Waals surface area contributed by atoms with Crippen molar-refractivity contribution in [1.82, 2.24) is 5.32 Å². The second-order valence-electron chi connectivity index (χ2n) is 5.03. The molecule has 0 unspecified atom stereocenters. The molecule has 84 valence electrons. The number of hydrogen-bond acceptors (Lipinski definition) is 2. The SMILES string of the molecule is CC(C)NCC1(O)CCCCCCC1. The second-order valence-corrected chi connectivity index (χ2v) is 5.03. The molecular weight excluding hydrogens is 174 g/mol. The summed E-state index contributed by atoms with van der Waals surface area (Å²) in [4.78, 5) is 0. The van der Waals surface area contributed by atoms with Crippen molar-refractivity contribution in [1.29, 1.82) is 0 Å². The van der Waals surface area contributed by atoms with E-state index in [4.69, 9.17) is 0 Å². The van der Waals surface area contributed by atoms with Gasteiger partial charge in [-0.25, -0.2) is 0 Å². The molecule has 0 saturated heterocycles. The molecule has 2 N–H and O–H groups in total. The molecule has 0 amide bonds. The lowest BCUT2D eigenvalue weighted by Gasteiger charge is -2.31. The summed E-state index contributed by atoms with van der Waals surface area (Å²) in [5.41, 5.74) is -0.426. The second kappa shape index (κ2) is 5.72. The number of hydrogen-bond donors (Lipinski definition) is 2. The summed E-state index contributed by atoms with van der Waals surface area (Å²) in [7, 11) is 0. The van der Waals surface area contributed by atoms with Crippen LogP contribution in [-0.2, 0) is 0 Å². The third kappa shape index (κ3) is 4.43. The van der Waals surface area contributed by atoms with Crippen molar-refractivity contribution in [3.8, 4) is 0 Å². The average Bonchev–Trinajstić information content (AvgIpc) is 2.09. The molecule has 2 nitrogen and oxygen atoms in total. The molecule has 0 aliphatic heterocycles. The van der Waals surface area contributed by atoms with Crippen LogP contribution < -0.4 is 5.32 Å². The standard InChI is InChI=1S/C12H25NO/c1-11(2)13-10-12(14)8-6-4-3-5-7-9-12/h11,13-14H,3-10H2,1-2H3. The summed E-state index contributed by atoms with van der Waals surface area (Å²) in [5.74, 6) is 0. The number of aliphatic hydroxyl groups is 1. The molecule has 0 aromatic carbocycles. The zero-order valence-electron chi connectivity index (χ0n) is 9.68. The molecule has 1 aliphatic carbocycles. The van der Waals surface area contributed by atoms with E-state index in [0.717, 1.165) is 19.4 Å². The Bertz CT molecular complexity index is 148. The summed E-state index contributed by atoms with van der Waals surface area (Å²) >= 11 is 0. The van der Waals surface area contributed by atoms with Gasteiger partial charge in [-0.3, -0.25) is 0 Å². The third-order valence-corrected chi connectivity index (χ3v) is 3.12. The van der Waals surface area contributed by atoms with E-state index in [1.54, 1.807) is 0 Å². The minimum absolute atomic E-state index is 0.426. The number of nitrogens with one attached hydrogen (secondary N) is 1. The molecule has 0 bridgehead atoms. The van der Waals surface area contributed by atoms with Crippen LogP contribution in [0.3, 0.4) is 0 Å².